The van der Waals surface area contributed by atoms with Gasteiger partial charge in [0.05, 0.1) is 7.11 Å². The smallest absolute Gasteiger partial charge is 0.161 e. The van der Waals surface area contributed by atoms with Crippen LogP contribution in [0.2, 0.25) is 0 Å². The van der Waals surface area contributed by atoms with E-state index in [1.54, 1.807) is 18.2 Å². The zero-order valence-electron chi connectivity index (χ0n) is 16.8. The molecule has 3 nitrogen and oxygen atoms in total. The van der Waals surface area contributed by atoms with Crippen molar-refractivity contribution in [3.8, 4) is 11.5 Å². The summed E-state index contributed by atoms with van der Waals surface area (Å²) in [4.78, 5) is 2.64. The molecule has 0 amide bonds. The fraction of sp³-hybridized carbons (Fsp3) is 0.500. The monoisotopic (exact) mass is 365 g/mol. The molecule has 0 spiro atoms. The Bertz CT molecular complexity index is 777. The van der Waals surface area contributed by atoms with Crippen molar-refractivity contribution in [1.29, 1.82) is 0 Å². The van der Waals surface area contributed by atoms with Crippen molar-refractivity contribution >= 4 is 0 Å². The number of nitrogens with zero attached hydrogens (tertiary/aromatic N) is 1. The number of piperidine rings is 1. The van der Waals surface area contributed by atoms with Gasteiger partial charge in [-0.15, -0.1) is 0 Å². The molecule has 1 unspecified atom stereocenters. The normalized spacial score (nSPS) is 22.4. The van der Waals surface area contributed by atoms with Gasteiger partial charge in [-0.25, -0.2) is 0 Å². The highest BCUT2D eigenvalue weighted by atomic mass is 16.5. The van der Waals surface area contributed by atoms with Crippen LogP contribution in [-0.4, -0.2) is 37.7 Å². The molecule has 1 atom stereocenters. The van der Waals surface area contributed by atoms with Crippen LogP contribution in [0.15, 0.2) is 48.5 Å². The molecule has 1 fully saturated rings. The average Bonchev–Trinajstić information content (AvgIpc) is 2.93. The van der Waals surface area contributed by atoms with Crippen LogP contribution < -0.4 is 9.47 Å². The predicted octanol–water partition coefficient (Wildman–Crippen LogP) is 4.90. The van der Waals surface area contributed by atoms with Gasteiger partial charge in [-0.05, 0) is 47.9 Å². The van der Waals surface area contributed by atoms with E-state index in [1.807, 2.05) is 24.3 Å². The maximum Gasteiger partial charge on any atom is 0.161 e. The van der Waals surface area contributed by atoms with E-state index in [0.29, 0.717) is 11.3 Å². The van der Waals surface area contributed by atoms with E-state index in [1.165, 1.54) is 6.42 Å². The Balaban J connectivity index is 1.36. The maximum atomic E-state index is 6.24. The van der Waals surface area contributed by atoms with Crippen LogP contribution in [0.5, 0.6) is 11.5 Å². The Kier molecular flexibility index (Phi) is 5.14. The minimum Gasteiger partial charge on any atom is -0.493 e. The Morgan fingerprint density at radius 1 is 0.963 bits per heavy atom. The number of methoxy groups -OCH3 is 1. The van der Waals surface area contributed by atoms with Crippen LogP contribution >= 0.6 is 0 Å². The quantitative estimate of drug-likeness (QED) is 0.752. The lowest BCUT2D eigenvalue weighted by Crippen LogP contribution is -2.41. The summed E-state index contributed by atoms with van der Waals surface area (Å²) in [7, 11) is 1.70. The average molecular weight is 366 g/mol. The molecule has 1 heterocycles. The molecule has 1 aliphatic heterocycles. The van der Waals surface area contributed by atoms with Gasteiger partial charge in [0.15, 0.2) is 11.5 Å². The van der Waals surface area contributed by atoms with Gasteiger partial charge in [-0.1, -0.05) is 50.2 Å². The second-order valence-electron chi connectivity index (χ2n) is 8.69. The third kappa shape index (κ3) is 3.84. The van der Waals surface area contributed by atoms with E-state index in [-0.39, 0.29) is 6.10 Å². The SMILES string of the molecule is COc1ccccc1OC1CCN(CC2c3ccccc3CC2(C)C)CC1. The third-order valence-electron chi connectivity index (χ3n) is 6.36. The zero-order chi connectivity index (χ0) is 18.9. The summed E-state index contributed by atoms with van der Waals surface area (Å²) in [6, 6.07) is 17.0. The molecule has 2 aromatic rings. The van der Waals surface area contributed by atoms with Crippen LogP contribution in [-0.2, 0) is 6.42 Å². The molecule has 27 heavy (non-hydrogen) atoms. The van der Waals surface area contributed by atoms with Crippen LogP contribution in [0.25, 0.3) is 0 Å². The Morgan fingerprint density at radius 3 is 2.37 bits per heavy atom. The van der Waals surface area contributed by atoms with Crippen molar-refractivity contribution < 1.29 is 9.47 Å². The number of benzene rings is 2. The molecular formula is C24H31NO2. The van der Waals surface area contributed by atoms with E-state index >= 15 is 0 Å². The lowest BCUT2D eigenvalue weighted by molar-refractivity contribution is 0.0859. The zero-order valence-corrected chi connectivity index (χ0v) is 16.8. The van der Waals surface area contributed by atoms with E-state index in [0.717, 1.165) is 44.0 Å². The van der Waals surface area contributed by atoms with Crippen molar-refractivity contribution in [3.63, 3.8) is 0 Å². The number of ether oxygens (including phenoxy) is 2. The number of hydrogen-bond donors (Lipinski definition) is 0. The first-order valence-electron chi connectivity index (χ1n) is 10.2. The summed E-state index contributed by atoms with van der Waals surface area (Å²) < 4.78 is 11.7. The number of para-hydroxylation sites is 2. The first kappa shape index (κ1) is 18.4. The molecule has 4 rings (SSSR count). The van der Waals surface area contributed by atoms with Crippen LogP contribution in [0.4, 0.5) is 0 Å². The predicted molar refractivity (Wildman–Crippen MR) is 110 cm³/mol. The topological polar surface area (TPSA) is 21.7 Å². The lowest BCUT2D eigenvalue weighted by Gasteiger charge is -2.37. The van der Waals surface area contributed by atoms with Gasteiger partial charge in [0.2, 0.25) is 0 Å². The van der Waals surface area contributed by atoms with Crippen LogP contribution in [0, 0.1) is 5.41 Å². The lowest BCUT2D eigenvalue weighted by atomic mass is 9.79. The van der Waals surface area contributed by atoms with E-state index in [4.69, 9.17) is 9.47 Å². The Labute approximate surface area is 163 Å². The van der Waals surface area contributed by atoms with E-state index in [2.05, 4.69) is 43.0 Å². The third-order valence-corrected chi connectivity index (χ3v) is 6.36. The molecule has 3 heteroatoms. The highest BCUT2D eigenvalue weighted by molar-refractivity contribution is 5.40. The Morgan fingerprint density at radius 2 is 1.63 bits per heavy atom. The molecule has 0 N–H and O–H groups in total. The molecule has 1 saturated heterocycles. The van der Waals surface area contributed by atoms with Crippen molar-refractivity contribution in [2.75, 3.05) is 26.7 Å². The molecule has 1 aliphatic carbocycles. The minimum atomic E-state index is 0.279. The summed E-state index contributed by atoms with van der Waals surface area (Å²) in [6.45, 7) is 8.22. The second kappa shape index (κ2) is 7.55. The molecule has 0 saturated carbocycles. The molecule has 0 aromatic heterocycles. The van der Waals surface area contributed by atoms with E-state index < -0.39 is 0 Å². The minimum absolute atomic E-state index is 0.279. The highest BCUT2D eigenvalue weighted by Crippen LogP contribution is 2.47. The molecule has 2 aliphatic rings. The summed E-state index contributed by atoms with van der Waals surface area (Å²) in [5.74, 6) is 2.31. The van der Waals surface area contributed by atoms with Crippen molar-refractivity contribution in [3.05, 3.63) is 59.7 Å². The molecule has 0 bridgehead atoms. The first-order chi connectivity index (χ1) is 13.1. The number of likely N-dealkylation sites (tertiary alicyclic amines) is 1. The summed E-state index contributed by atoms with van der Waals surface area (Å²) in [5.41, 5.74) is 3.45. The number of fused-ring (bicyclic) bond motifs is 1. The maximum absolute atomic E-state index is 6.24. The molecule has 2 aromatic carbocycles. The van der Waals surface area contributed by atoms with Crippen molar-refractivity contribution in [1.82, 2.24) is 4.90 Å². The fourth-order valence-corrected chi connectivity index (χ4v) is 4.78. The van der Waals surface area contributed by atoms with Gasteiger partial charge < -0.3 is 14.4 Å². The molecular weight excluding hydrogens is 334 g/mol. The summed E-state index contributed by atoms with van der Waals surface area (Å²) in [5, 5.41) is 0. The standard InChI is InChI=1S/C24H31NO2/c1-24(2)16-18-8-4-5-9-20(18)21(24)17-25-14-12-19(13-15-25)27-23-11-7-6-10-22(23)26-3/h4-11,19,21H,12-17H2,1-3H3. The summed E-state index contributed by atoms with van der Waals surface area (Å²) in [6.07, 6.45) is 3.63. The summed E-state index contributed by atoms with van der Waals surface area (Å²) >= 11 is 0. The fourth-order valence-electron chi connectivity index (χ4n) is 4.78. The van der Waals surface area contributed by atoms with Gasteiger partial charge in [0.1, 0.15) is 6.10 Å². The van der Waals surface area contributed by atoms with Crippen LogP contribution in [0.1, 0.15) is 43.7 Å². The van der Waals surface area contributed by atoms with Gasteiger partial charge in [-0.2, -0.15) is 0 Å². The van der Waals surface area contributed by atoms with Gasteiger partial charge in [0, 0.05) is 25.6 Å². The second-order valence-corrected chi connectivity index (χ2v) is 8.69. The van der Waals surface area contributed by atoms with E-state index in [9.17, 15) is 0 Å². The van der Waals surface area contributed by atoms with Gasteiger partial charge >= 0.3 is 0 Å². The van der Waals surface area contributed by atoms with Gasteiger partial charge in [0.25, 0.3) is 0 Å². The molecule has 144 valence electrons. The molecule has 0 radical (unpaired) electrons. The van der Waals surface area contributed by atoms with Crippen molar-refractivity contribution in [2.24, 2.45) is 5.41 Å². The highest BCUT2D eigenvalue weighted by Gasteiger charge is 2.39. The van der Waals surface area contributed by atoms with Crippen molar-refractivity contribution in [2.45, 2.75) is 45.1 Å². The number of hydrogen-bond acceptors (Lipinski definition) is 3. The first-order valence-corrected chi connectivity index (χ1v) is 10.2. The van der Waals surface area contributed by atoms with Crippen LogP contribution in [0.3, 0.4) is 0 Å². The number of rotatable bonds is 5. The Hall–Kier alpha value is -2.00. The largest absolute Gasteiger partial charge is 0.493 e. The van der Waals surface area contributed by atoms with Gasteiger partial charge in [-0.3, -0.25) is 0 Å².